The van der Waals surface area contributed by atoms with Gasteiger partial charge in [0.25, 0.3) is 0 Å². The number of benzene rings is 1. The number of nitrogens with zero attached hydrogens (tertiary/aromatic N) is 3. The Bertz CT molecular complexity index is 549. The molecule has 0 spiro atoms. The molecule has 1 aromatic heterocycles. The monoisotopic (exact) mass is 280 g/mol. The van der Waals surface area contributed by atoms with Crippen molar-refractivity contribution in [1.82, 2.24) is 15.0 Å². The maximum atomic E-state index is 5.84. The largest absolute Gasteiger partial charge is 0.345 e. The van der Waals surface area contributed by atoms with Crippen LogP contribution in [0.3, 0.4) is 0 Å². The number of hydrogen-bond donors (Lipinski definition) is 1. The van der Waals surface area contributed by atoms with Crippen molar-refractivity contribution < 1.29 is 9.47 Å². The molecular weight excluding hydrogens is 268 g/mol. The Hall–Kier alpha value is -1.47. The molecular formula is C12H13ClN4O2. The van der Waals surface area contributed by atoms with Crippen LogP contribution in [0.15, 0.2) is 30.5 Å². The number of hydrogen-bond acceptors (Lipinski definition) is 5. The molecule has 19 heavy (non-hydrogen) atoms. The summed E-state index contributed by atoms with van der Waals surface area (Å²) < 4.78 is 12.6. The van der Waals surface area contributed by atoms with Gasteiger partial charge < -0.3 is 15.2 Å². The van der Waals surface area contributed by atoms with E-state index >= 15 is 0 Å². The van der Waals surface area contributed by atoms with Crippen LogP contribution < -0.4 is 5.73 Å². The predicted molar refractivity (Wildman–Crippen MR) is 69.0 cm³/mol. The van der Waals surface area contributed by atoms with Crippen molar-refractivity contribution in [1.29, 1.82) is 0 Å². The normalized spacial score (nSPS) is 23.5. The van der Waals surface area contributed by atoms with Gasteiger partial charge in [-0.05, 0) is 24.3 Å². The fourth-order valence-corrected chi connectivity index (χ4v) is 1.92. The zero-order chi connectivity index (χ0) is 13.2. The number of aromatic nitrogens is 3. The third-order valence-corrected chi connectivity index (χ3v) is 3.02. The lowest BCUT2D eigenvalue weighted by atomic mass is 10.3. The van der Waals surface area contributed by atoms with Gasteiger partial charge in [0.15, 0.2) is 0 Å². The van der Waals surface area contributed by atoms with E-state index < -0.39 is 6.29 Å². The van der Waals surface area contributed by atoms with Gasteiger partial charge in [-0.15, -0.1) is 5.10 Å². The van der Waals surface area contributed by atoms with Gasteiger partial charge >= 0.3 is 0 Å². The van der Waals surface area contributed by atoms with Crippen molar-refractivity contribution in [2.24, 2.45) is 5.73 Å². The fourth-order valence-electron chi connectivity index (χ4n) is 1.79. The van der Waals surface area contributed by atoms with E-state index in [1.165, 1.54) is 0 Å². The molecule has 2 N–H and O–H groups in total. The highest BCUT2D eigenvalue weighted by Gasteiger charge is 2.23. The van der Waals surface area contributed by atoms with Crippen LogP contribution >= 0.6 is 11.6 Å². The highest BCUT2D eigenvalue weighted by molar-refractivity contribution is 6.30. The Kier molecular flexibility index (Phi) is 3.48. The van der Waals surface area contributed by atoms with Crippen molar-refractivity contribution in [2.75, 3.05) is 13.2 Å². The number of halogens is 1. The molecule has 1 aliphatic heterocycles. The minimum atomic E-state index is -0.499. The van der Waals surface area contributed by atoms with Crippen molar-refractivity contribution in [3.05, 3.63) is 41.2 Å². The Morgan fingerprint density at radius 2 is 1.89 bits per heavy atom. The van der Waals surface area contributed by atoms with Crippen LogP contribution in [0.25, 0.3) is 5.69 Å². The Balaban J connectivity index is 1.77. The topological polar surface area (TPSA) is 75.2 Å². The van der Waals surface area contributed by atoms with Crippen LogP contribution in [-0.4, -0.2) is 34.2 Å². The van der Waals surface area contributed by atoms with E-state index in [0.29, 0.717) is 23.9 Å². The molecule has 6 nitrogen and oxygen atoms in total. The molecule has 0 saturated carbocycles. The second kappa shape index (κ2) is 5.26. The summed E-state index contributed by atoms with van der Waals surface area (Å²) in [5.74, 6) is 0. The molecule has 0 bridgehead atoms. The molecule has 1 aliphatic rings. The highest BCUT2D eigenvalue weighted by Crippen LogP contribution is 2.21. The SMILES string of the molecule is N[C@H]1CO[C@H](c2cn(-c3ccc(Cl)cc3)nn2)OC1. The standard InChI is InChI=1S/C12H13ClN4O2/c13-8-1-3-10(4-2-8)17-5-11(15-16-17)12-18-6-9(14)7-19-12/h1-5,9,12H,6-7,14H2/t9-,12-. The van der Waals surface area contributed by atoms with Crippen LogP contribution in [0.1, 0.15) is 12.0 Å². The minimum Gasteiger partial charge on any atom is -0.345 e. The fraction of sp³-hybridized carbons (Fsp3) is 0.333. The first kappa shape index (κ1) is 12.6. The van der Waals surface area contributed by atoms with Gasteiger partial charge in [0.1, 0.15) is 5.69 Å². The summed E-state index contributed by atoms with van der Waals surface area (Å²) in [6.07, 6.45) is 1.27. The Morgan fingerprint density at radius 3 is 2.58 bits per heavy atom. The number of rotatable bonds is 2. The number of nitrogens with two attached hydrogens (primary N) is 1. The maximum absolute atomic E-state index is 5.84. The van der Waals surface area contributed by atoms with E-state index in [-0.39, 0.29) is 6.04 Å². The minimum absolute atomic E-state index is 0.0810. The second-order valence-electron chi connectivity index (χ2n) is 4.32. The van der Waals surface area contributed by atoms with E-state index in [1.54, 1.807) is 23.0 Å². The Morgan fingerprint density at radius 1 is 1.21 bits per heavy atom. The van der Waals surface area contributed by atoms with Crippen molar-refractivity contribution in [3.8, 4) is 5.69 Å². The summed E-state index contributed by atoms with van der Waals surface area (Å²) in [5, 5.41) is 8.77. The molecule has 1 aromatic carbocycles. The molecule has 0 unspecified atom stereocenters. The summed E-state index contributed by atoms with van der Waals surface area (Å²) >= 11 is 5.84. The van der Waals surface area contributed by atoms with E-state index in [2.05, 4.69) is 10.3 Å². The summed E-state index contributed by atoms with van der Waals surface area (Å²) in [6, 6.07) is 7.23. The zero-order valence-electron chi connectivity index (χ0n) is 10.1. The van der Waals surface area contributed by atoms with Gasteiger partial charge in [-0.2, -0.15) is 0 Å². The quantitative estimate of drug-likeness (QED) is 0.897. The van der Waals surface area contributed by atoms with Crippen molar-refractivity contribution in [2.45, 2.75) is 12.3 Å². The summed E-state index contributed by atoms with van der Waals surface area (Å²) in [6.45, 7) is 0.914. The van der Waals surface area contributed by atoms with Gasteiger partial charge in [-0.3, -0.25) is 0 Å². The first-order chi connectivity index (χ1) is 9.22. The molecule has 7 heteroatoms. The molecule has 0 amide bonds. The molecule has 0 atom stereocenters. The molecule has 2 aromatic rings. The van der Waals surface area contributed by atoms with Gasteiger partial charge in [-0.1, -0.05) is 16.8 Å². The van der Waals surface area contributed by atoms with E-state index in [0.717, 1.165) is 5.69 Å². The van der Waals surface area contributed by atoms with E-state index in [9.17, 15) is 0 Å². The first-order valence-corrected chi connectivity index (χ1v) is 6.27. The van der Waals surface area contributed by atoms with Gasteiger partial charge in [0.05, 0.1) is 31.1 Å². The maximum Gasteiger partial charge on any atom is 0.204 e. The van der Waals surface area contributed by atoms with E-state index in [1.807, 2.05) is 12.1 Å². The van der Waals surface area contributed by atoms with Crippen LogP contribution in [0.2, 0.25) is 5.02 Å². The molecule has 0 radical (unpaired) electrons. The smallest absolute Gasteiger partial charge is 0.204 e. The van der Waals surface area contributed by atoms with Gasteiger partial charge in [0.2, 0.25) is 6.29 Å². The molecule has 100 valence electrons. The summed E-state index contributed by atoms with van der Waals surface area (Å²) in [5.41, 5.74) is 7.18. The molecule has 1 fully saturated rings. The molecule has 2 heterocycles. The predicted octanol–water partition coefficient (Wildman–Crippen LogP) is 1.29. The average molecular weight is 281 g/mol. The van der Waals surface area contributed by atoms with Crippen LogP contribution in [0.5, 0.6) is 0 Å². The van der Waals surface area contributed by atoms with Crippen LogP contribution in [0, 0.1) is 0 Å². The van der Waals surface area contributed by atoms with Crippen molar-refractivity contribution in [3.63, 3.8) is 0 Å². The second-order valence-corrected chi connectivity index (χ2v) is 4.76. The summed E-state index contributed by atoms with van der Waals surface area (Å²) in [4.78, 5) is 0. The average Bonchev–Trinajstić information content (AvgIpc) is 2.90. The van der Waals surface area contributed by atoms with Crippen LogP contribution in [-0.2, 0) is 9.47 Å². The highest BCUT2D eigenvalue weighted by atomic mass is 35.5. The molecule has 3 rings (SSSR count). The number of ether oxygens (including phenoxy) is 2. The van der Waals surface area contributed by atoms with Crippen LogP contribution in [0.4, 0.5) is 0 Å². The summed E-state index contributed by atoms with van der Waals surface area (Å²) in [7, 11) is 0. The molecule has 1 saturated heterocycles. The lowest BCUT2D eigenvalue weighted by Gasteiger charge is -2.25. The third kappa shape index (κ3) is 2.76. The molecule has 0 aliphatic carbocycles. The third-order valence-electron chi connectivity index (χ3n) is 2.77. The van der Waals surface area contributed by atoms with Crippen molar-refractivity contribution >= 4 is 11.6 Å². The lowest BCUT2D eigenvalue weighted by Crippen LogP contribution is -2.38. The van der Waals surface area contributed by atoms with Gasteiger partial charge in [-0.25, -0.2) is 4.68 Å². The Labute approximate surface area is 115 Å². The zero-order valence-corrected chi connectivity index (χ0v) is 10.8. The van der Waals surface area contributed by atoms with Gasteiger partial charge in [0, 0.05) is 5.02 Å². The first-order valence-electron chi connectivity index (χ1n) is 5.89. The lowest BCUT2D eigenvalue weighted by molar-refractivity contribution is -0.191. The van der Waals surface area contributed by atoms with E-state index in [4.69, 9.17) is 26.8 Å².